The fourth-order valence-corrected chi connectivity index (χ4v) is 7.79. The molecule has 13 atom stereocenters. The van der Waals surface area contributed by atoms with E-state index in [1.54, 1.807) is 26.8 Å². The molecule has 5 N–H and O–H groups in total. The number of benzene rings is 1. The molecule has 1 aromatic carbocycles. The Morgan fingerprint density at radius 2 is 1.81 bits per heavy atom. The molecule has 1 spiro atoms. The van der Waals surface area contributed by atoms with E-state index < -0.39 is 54.7 Å². The molecule has 11 heteroatoms. The summed E-state index contributed by atoms with van der Waals surface area (Å²) in [7, 11) is 1.43. The number of carboxylic acids is 1. The van der Waals surface area contributed by atoms with Crippen LogP contribution >= 0.6 is 0 Å². The van der Waals surface area contributed by atoms with Gasteiger partial charge in [0.2, 0.25) is 0 Å². The van der Waals surface area contributed by atoms with Crippen molar-refractivity contribution in [3.05, 3.63) is 58.7 Å². The van der Waals surface area contributed by atoms with E-state index in [-0.39, 0.29) is 35.4 Å². The third kappa shape index (κ3) is 9.73. The number of hydrogen-bond donors (Lipinski definition) is 5. The van der Waals surface area contributed by atoms with Gasteiger partial charge in [0.1, 0.15) is 24.1 Å². The Hall–Kier alpha value is -2.61. The molecule has 3 saturated heterocycles. The maximum Gasteiger partial charge on any atom is 0.336 e. The number of ether oxygens (including phenoxy) is 5. The number of aromatic hydroxyl groups is 1. The molecule has 0 radical (unpaired) electrons. The Kier molecular flexibility index (Phi) is 14.7. The Labute approximate surface area is 309 Å². The predicted octanol–water partition coefficient (Wildman–Crippen LogP) is 6.30. The fraction of sp³-hybridized carbons (Fsp3) is 0.683. The van der Waals surface area contributed by atoms with E-state index in [4.69, 9.17) is 23.7 Å². The average Bonchev–Trinajstić information content (AvgIpc) is 3.10. The predicted molar refractivity (Wildman–Crippen MR) is 198 cm³/mol. The van der Waals surface area contributed by atoms with Gasteiger partial charge in [0.25, 0.3) is 0 Å². The highest BCUT2D eigenvalue weighted by molar-refractivity contribution is 5.94. The molecule has 292 valence electrons. The summed E-state index contributed by atoms with van der Waals surface area (Å²) >= 11 is 0. The van der Waals surface area contributed by atoms with Gasteiger partial charge in [0.15, 0.2) is 12.1 Å². The molecule has 1 aromatic rings. The highest BCUT2D eigenvalue weighted by Crippen LogP contribution is 2.44. The van der Waals surface area contributed by atoms with Crippen LogP contribution in [-0.4, -0.2) is 99.5 Å². The van der Waals surface area contributed by atoms with Crippen LogP contribution in [0.2, 0.25) is 0 Å². The summed E-state index contributed by atoms with van der Waals surface area (Å²) in [5.74, 6) is -1.81. The number of allylic oxidation sites excluding steroid dienone is 3. The summed E-state index contributed by atoms with van der Waals surface area (Å²) in [6.45, 7) is 15.4. The van der Waals surface area contributed by atoms with Gasteiger partial charge in [-0.05, 0) is 87.3 Å². The topological polar surface area (TPSA) is 164 Å². The van der Waals surface area contributed by atoms with Crippen LogP contribution in [0, 0.1) is 24.7 Å². The smallest absolute Gasteiger partial charge is 0.336 e. The van der Waals surface area contributed by atoms with Crippen LogP contribution in [0.25, 0.3) is 5.57 Å². The van der Waals surface area contributed by atoms with Crippen molar-refractivity contribution in [3.8, 4) is 5.75 Å². The molecular formula is C41H62O11. The highest BCUT2D eigenvalue weighted by atomic mass is 16.7. The van der Waals surface area contributed by atoms with Gasteiger partial charge < -0.3 is 49.2 Å². The summed E-state index contributed by atoms with van der Waals surface area (Å²) in [6.07, 6.45) is 5.94. The number of phenols is 1. The summed E-state index contributed by atoms with van der Waals surface area (Å²) in [6, 6.07) is 2.92. The molecule has 3 fully saturated rings. The van der Waals surface area contributed by atoms with Crippen molar-refractivity contribution in [1.29, 1.82) is 0 Å². The summed E-state index contributed by atoms with van der Waals surface area (Å²) in [4.78, 5) is 12.0. The largest absolute Gasteiger partial charge is 0.508 e. The second kappa shape index (κ2) is 18.1. The quantitative estimate of drug-likeness (QED) is 0.114. The lowest BCUT2D eigenvalue weighted by molar-refractivity contribution is -0.343. The van der Waals surface area contributed by atoms with Gasteiger partial charge in [-0.15, -0.1) is 0 Å². The molecular weight excluding hydrogens is 668 g/mol. The van der Waals surface area contributed by atoms with E-state index >= 15 is 0 Å². The van der Waals surface area contributed by atoms with E-state index in [9.17, 15) is 30.3 Å². The molecule has 0 saturated carbocycles. The van der Waals surface area contributed by atoms with Crippen molar-refractivity contribution in [3.63, 3.8) is 0 Å². The van der Waals surface area contributed by atoms with Crippen molar-refractivity contribution < 1.29 is 54.0 Å². The third-order valence-electron chi connectivity index (χ3n) is 11.4. The van der Waals surface area contributed by atoms with Gasteiger partial charge in [0.05, 0.1) is 36.1 Å². The second-order valence-corrected chi connectivity index (χ2v) is 15.4. The van der Waals surface area contributed by atoms with Crippen LogP contribution < -0.4 is 0 Å². The number of phenolic OH excluding ortho intramolecular Hbond substituents is 1. The normalized spacial score (nSPS) is 35.1. The van der Waals surface area contributed by atoms with Crippen LogP contribution in [0.15, 0.2) is 42.0 Å². The Morgan fingerprint density at radius 3 is 2.46 bits per heavy atom. The molecule has 52 heavy (non-hydrogen) atoms. The van der Waals surface area contributed by atoms with Crippen LogP contribution in [0.1, 0.15) is 108 Å². The Bertz CT molecular complexity index is 1450. The minimum Gasteiger partial charge on any atom is -0.508 e. The number of carboxylic acid groups (broad SMARTS) is 1. The molecule has 0 amide bonds. The molecule has 11 nitrogen and oxygen atoms in total. The second-order valence-electron chi connectivity index (χ2n) is 15.4. The molecule has 4 rings (SSSR count). The zero-order valence-corrected chi connectivity index (χ0v) is 32.3. The third-order valence-corrected chi connectivity index (χ3v) is 11.4. The van der Waals surface area contributed by atoms with E-state index in [1.807, 2.05) is 26.0 Å². The van der Waals surface area contributed by atoms with E-state index in [0.717, 1.165) is 31.3 Å². The van der Waals surface area contributed by atoms with Gasteiger partial charge in [-0.25, -0.2) is 4.79 Å². The lowest BCUT2D eigenvalue weighted by Gasteiger charge is -2.51. The summed E-state index contributed by atoms with van der Waals surface area (Å²) in [5.41, 5.74) is 2.53. The summed E-state index contributed by atoms with van der Waals surface area (Å²) in [5, 5.41) is 52.8. The van der Waals surface area contributed by atoms with Crippen molar-refractivity contribution in [2.24, 2.45) is 17.8 Å². The molecule has 0 unspecified atom stereocenters. The van der Waals surface area contributed by atoms with Crippen LogP contribution in [-0.2, 0) is 23.7 Å². The lowest BCUT2D eigenvalue weighted by atomic mass is 9.80. The van der Waals surface area contributed by atoms with Crippen LogP contribution in [0.5, 0.6) is 5.75 Å². The van der Waals surface area contributed by atoms with E-state index in [2.05, 4.69) is 26.8 Å². The van der Waals surface area contributed by atoms with Crippen LogP contribution in [0.3, 0.4) is 0 Å². The summed E-state index contributed by atoms with van der Waals surface area (Å²) < 4.78 is 31.3. The van der Waals surface area contributed by atoms with Crippen molar-refractivity contribution >= 4 is 11.5 Å². The molecule has 3 aliphatic heterocycles. The number of aliphatic hydroxyl groups excluding tert-OH is 3. The monoisotopic (exact) mass is 730 g/mol. The first-order valence-electron chi connectivity index (χ1n) is 18.8. The maximum absolute atomic E-state index is 12.0. The van der Waals surface area contributed by atoms with Crippen molar-refractivity contribution in [2.75, 3.05) is 7.11 Å². The number of aromatic carboxylic acids is 1. The van der Waals surface area contributed by atoms with Gasteiger partial charge >= 0.3 is 5.97 Å². The number of hydrogen-bond acceptors (Lipinski definition) is 10. The van der Waals surface area contributed by atoms with Gasteiger partial charge in [-0.1, -0.05) is 58.4 Å². The first-order valence-corrected chi connectivity index (χ1v) is 18.8. The lowest BCUT2D eigenvalue weighted by Crippen LogP contribution is -2.58. The number of aliphatic hydroxyl groups is 3. The molecule has 0 bridgehead atoms. The Morgan fingerprint density at radius 1 is 1.10 bits per heavy atom. The SMILES string of the molecule is CC[C@H](C)[C@H]1O[C@@]2(CCC[C@@H](C/C=C(\C)[C@@H](O[C@@H]3O[C@@H](C)[C@H](O)[C@@H](OC)[C@H]3O)[C@@H](C)/C=C/C=C(/C)c3cc(O)c(C)cc3C(=O)O)O2)C[C@H](O)[C@H]1C. The molecule has 3 aliphatic rings. The fourth-order valence-electron chi connectivity index (χ4n) is 7.79. The number of carbonyl (C=O) groups is 1. The zero-order chi connectivity index (χ0) is 38.5. The number of rotatable bonds is 13. The first kappa shape index (κ1) is 42.1. The van der Waals surface area contributed by atoms with Gasteiger partial charge in [0, 0.05) is 31.8 Å². The highest BCUT2D eigenvalue weighted by Gasteiger charge is 2.49. The maximum atomic E-state index is 12.0. The zero-order valence-electron chi connectivity index (χ0n) is 32.3. The van der Waals surface area contributed by atoms with E-state index in [1.165, 1.54) is 19.2 Å². The van der Waals surface area contributed by atoms with Crippen LogP contribution in [0.4, 0.5) is 0 Å². The van der Waals surface area contributed by atoms with Crippen molar-refractivity contribution in [2.45, 2.75) is 155 Å². The van der Waals surface area contributed by atoms with Gasteiger partial charge in [-0.2, -0.15) is 0 Å². The Balaban J connectivity index is 1.57. The van der Waals surface area contributed by atoms with Crippen molar-refractivity contribution in [1.82, 2.24) is 0 Å². The van der Waals surface area contributed by atoms with Gasteiger partial charge in [-0.3, -0.25) is 0 Å². The first-order chi connectivity index (χ1) is 24.5. The standard InChI is InChI=1S/C41H62O11/c1-10-22(2)37-27(7)33(43)21-41(52-37)18-12-15-29(51-41)17-16-25(5)36(50-40-35(45)38(48-9)34(44)28(8)49-40)24(4)14-11-13-23(3)30-20-32(42)26(6)19-31(30)39(46)47/h11,13-14,16,19-20,22,24,27-29,33-38,40,42-45H,10,12,15,17-18,21H2,1-9H3,(H,46,47)/b14-11+,23-13-,25-16+/t22-,24-,27+,28-,29-,33-,34-,35+,36-,37+,38+,40-,41-/m0/s1. The molecule has 0 aromatic heterocycles. The number of methoxy groups -OCH3 is 1. The van der Waals surface area contributed by atoms with E-state index in [0.29, 0.717) is 35.5 Å². The minimum atomic E-state index is -1.24. The minimum absolute atomic E-state index is 0.0167. The number of aryl methyl sites for hydroxylation is 1. The average molecular weight is 731 g/mol. The molecule has 0 aliphatic carbocycles. The molecule has 3 heterocycles.